The van der Waals surface area contributed by atoms with Gasteiger partial charge in [0.15, 0.2) is 5.78 Å². The Hall–Kier alpha value is -2.01. The second kappa shape index (κ2) is 8.73. The minimum absolute atomic E-state index is 0.00590. The summed E-state index contributed by atoms with van der Waals surface area (Å²) >= 11 is 0. The number of ether oxygens (including phenoxy) is 1. The van der Waals surface area contributed by atoms with Crippen LogP contribution in [0.4, 0.5) is 0 Å². The highest BCUT2D eigenvalue weighted by Gasteiger charge is 2.26. The number of rotatable bonds is 9. The van der Waals surface area contributed by atoms with Crippen LogP contribution < -0.4 is 0 Å². The molecule has 0 amide bonds. The van der Waals surface area contributed by atoms with Crippen molar-refractivity contribution in [1.29, 1.82) is 0 Å². The van der Waals surface area contributed by atoms with Crippen molar-refractivity contribution in [3.05, 3.63) is 71.3 Å². The molecule has 4 nitrogen and oxygen atoms in total. The van der Waals surface area contributed by atoms with Crippen molar-refractivity contribution in [2.75, 3.05) is 19.8 Å². The SMILES string of the molecule is CCC(CO)(CO)COCc1ccc(C(=O)c2ccccc2)cc1. The first-order valence-corrected chi connectivity index (χ1v) is 8.12. The lowest BCUT2D eigenvalue weighted by Crippen LogP contribution is -2.34. The van der Waals surface area contributed by atoms with E-state index < -0.39 is 5.41 Å². The zero-order valence-corrected chi connectivity index (χ0v) is 13.9. The summed E-state index contributed by atoms with van der Waals surface area (Å²) < 4.78 is 5.64. The van der Waals surface area contributed by atoms with Gasteiger partial charge in [0.1, 0.15) is 0 Å². The minimum atomic E-state index is -0.594. The topological polar surface area (TPSA) is 66.8 Å². The van der Waals surface area contributed by atoms with Gasteiger partial charge in [0, 0.05) is 16.5 Å². The van der Waals surface area contributed by atoms with E-state index in [0.29, 0.717) is 30.8 Å². The average molecular weight is 328 g/mol. The third-order valence-corrected chi connectivity index (χ3v) is 4.35. The molecule has 2 rings (SSSR count). The van der Waals surface area contributed by atoms with Gasteiger partial charge in [-0.25, -0.2) is 0 Å². The molecular weight excluding hydrogens is 304 g/mol. The van der Waals surface area contributed by atoms with Crippen molar-refractivity contribution in [2.24, 2.45) is 5.41 Å². The molecule has 0 aliphatic rings. The highest BCUT2D eigenvalue weighted by atomic mass is 16.5. The summed E-state index contributed by atoms with van der Waals surface area (Å²) in [5.41, 5.74) is 1.66. The van der Waals surface area contributed by atoms with Crippen LogP contribution >= 0.6 is 0 Å². The number of aliphatic hydroxyl groups is 2. The Balaban J connectivity index is 1.94. The Kier molecular flexibility index (Phi) is 6.67. The maximum absolute atomic E-state index is 12.3. The quantitative estimate of drug-likeness (QED) is 0.695. The van der Waals surface area contributed by atoms with Crippen molar-refractivity contribution in [1.82, 2.24) is 0 Å². The van der Waals surface area contributed by atoms with E-state index in [4.69, 9.17) is 4.74 Å². The molecule has 24 heavy (non-hydrogen) atoms. The van der Waals surface area contributed by atoms with E-state index in [0.717, 1.165) is 5.56 Å². The summed E-state index contributed by atoms with van der Waals surface area (Å²) in [6.07, 6.45) is 0.643. The van der Waals surface area contributed by atoms with Gasteiger partial charge in [-0.05, 0) is 12.0 Å². The van der Waals surface area contributed by atoms with Gasteiger partial charge in [-0.15, -0.1) is 0 Å². The molecule has 0 fully saturated rings. The predicted octanol–water partition coefficient (Wildman–Crippen LogP) is 2.82. The van der Waals surface area contributed by atoms with Crippen LogP contribution in [-0.2, 0) is 11.3 Å². The van der Waals surface area contributed by atoms with E-state index in [1.54, 1.807) is 24.3 Å². The normalized spacial score (nSPS) is 11.5. The molecule has 0 saturated carbocycles. The standard InChI is InChI=1S/C20H24O4/c1-2-20(13-21,14-22)15-24-12-16-8-10-18(11-9-16)19(23)17-6-4-3-5-7-17/h3-11,21-22H,2,12-15H2,1H3. The van der Waals surface area contributed by atoms with Gasteiger partial charge in [0.2, 0.25) is 0 Å². The maximum Gasteiger partial charge on any atom is 0.193 e. The molecule has 0 atom stereocenters. The highest BCUT2D eigenvalue weighted by molar-refractivity contribution is 6.08. The van der Waals surface area contributed by atoms with E-state index in [9.17, 15) is 15.0 Å². The van der Waals surface area contributed by atoms with E-state index in [1.807, 2.05) is 37.3 Å². The lowest BCUT2D eigenvalue weighted by molar-refractivity contribution is -0.0354. The number of hydrogen-bond acceptors (Lipinski definition) is 4. The number of aliphatic hydroxyl groups excluding tert-OH is 2. The molecule has 2 aromatic carbocycles. The lowest BCUT2D eigenvalue weighted by Gasteiger charge is -2.27. The third-order valence-electron chi connectivity index (χ3n) is 4.35. The van der Waals surface area contributed by atoms with Crippen LogP contribution in [0.3, 0.4) is 0 Å². The minimum Gasteiger partial charge on any atom is -0.396 e. The van der Waals surface area contributed by atoms with E-state index in [1.165, 1.54) is 0 Å². The van der Waals surface area contributed by atoms with E-state index >= 15 is 0 Å². The Morgan fingerprint density at radius 1 is 0.958 bits per heavy atom. The third kappa shape index (κ3) is 4.51. The summed E-state index contributed by atoms with van der Waals surface area (Å²) in [7, 11) is 0. The fraction of sp³-hybridized carbons (Fsp3) is 0.350. The monoisotopic (exact) mass is 328 g/mol. The van der Waals surface area contributed by atoms with Gasteiger partial charge in [0.25, 0.3) is 0 Å². The molecule has 0 spiro atoms. The summed E-state index contributed by atoms with van der Waals surface area (Å²) in [5.74, 6) is -0.00590. The first kappa shape index (κ1) is 18.3. The largest absolute Gasteiger partial charge is 0.396 e. The van der Waals surface area contributed by atoms with Crippen LogP contribution in [0.1, 0.15) is 34.8 Å². The first-order chi connectivity index (χ1) is 11.6. The summed E-state index contributed by atoms with van der Waals surface area (Å²) in [6.45, 7) is 2.37. The molecule has 0 radical (unpaired) electrons. The highest BCUT2D eigenvalue weighted by Crippen LogP contribution is 2.21. The van der Waals surface area contributed by atoms with Gasteiger partial charge in [-0.1, -0.05) is 61.5 Å². The number of benzene rings is 2. The second-order valence-corrected chi connectivity index (χ2v) is 6.05. The van der Waals surface area contributed by atoms with Gasteiger partial charge in [0.05, 0.1) is 26.4 Å². The number of carbonyl (C=O) groups excluding carboxylic acids is 1. The van der Waals surface area contributed by atoms with Gasteiger partial charge in [-0.2, -0.15) is 0 Å². The Labute approximate surface area is 142 Å². The zero-order valence-electron chi connectivity index (χ0n) is 13.9. The molecule has 0 bridgehead atoms. The van der Waals surface area contributed by atoms with Crippen molar-refractivity contribution in [3.8, 4) is 0 Å². The van der Waals surface area contributed by atoms with Gasteiger partial charge in [-0.3, -0.25) is 4.79 Å². The average Bonchev–Trinajstić information content (AvgIpc) is 2.66. The van der Waals surface area contributed by atoms with Crippen LogP contribution in [0, 0.1) is 5.41 Å². The second-order valence-electron chi connectivity index (χ2n) is 6.05. The van der Waals surface area contributed by atoms with Crippen LogP contribution in [0.2, 0.25) is 0 Å². The predicted molar refractivity (Wildman–Crippen MR) is 92.9 cm³/mol. The van der Waals surface area contributed by atoms with E-state index in [-0.39, 0.29) is 19.0 Å². The van der Waals surface area contributed by atoms with Gasteiger partial charge < -0.3 is 14.9 Å². The summed E-state index contributed by atoms with van der Waals surface area (Å²) in [4.78, 5) is 12.3. The number of carbonyl (C=O) groups is 1. The molecule has 0 aliphatic heterocycles. The van der Waals surface area contributed by atoms with E-state index in [2.05, 4.69) is 0 Å². The molecule has 0 aromatic heterocycles. The first-order valence-electron chi connectivity index (χ1n) is 8.12. The fourth-order valence-corrected chi connectivity index (χ4v) is 2.36. The van der Waals surface area contributed by atoms with Crippen molar-refractivity contribution >= 4 is 5.78 Å². The molecule has 128 valence electrons. The summed E-state index contributed by atoms with van der Waals surface area (Å²) in [5, 5.41) is 18.8. The van der Waals surface area contributed by atoms with Crippen LogP contribution in [0.25, 0.3) is 0 Å². The molecular formula is C20H24O4. The number of hydrogen-bond donors (Lipinski definition) is 2. The molecule has 2 aromatic rings. The Morgan fingerprint density at radius 3 is 2.08 bits per heavy atom. The molecule has 0 aliphatic carbocycles. The maximum atomic E-state index is 12.3. The van der Waals surface area contributed by atoms with Gasteiger partial charge >= 0.3 is 0 Å². The van der Waals surface area contributed by atoms with Crippen molar-refractivity contribution in [2.45, 2.75) is 20.0 Å². The van der Waals surface area contributed by atoms with Crippen molar-refractivity contribution in [3.63, 3.8) is 0 Å². The van der Waals surface area contributed by atoms with Crippen molar-refractivity contribution < 1.29 is 19.7 Å². The lowest BCUT2D eigenvalue weighted by atomic mass is 9.88. The zero-order chi connectivity index (χ0) is 17.4. The molecule has 2 N–H and O–H groups in total. The van der Waals surface area contributed by atoms with Crippen LogP contribution in [-0.4, -0.2) is 35.8 Å². The smallest absolute Gasteiger partial charge is 0.193 e. The van der Waals surface area contributed by atoms with Crippen LogP contribution in [0.5, 0.6) is 0 Å². The summed E-state index contributed by atoms with van der Waals surface area (Å²) in [6, 6.07) is 16.5. The Morgan fingerprint density at radius 2 is 1.54 bits per heavy atom. The van der Waals surface area contributed by atoms with Crippen LogP contribution in [0.15, 0.2) is 54.6 Å². The molecule has 4 heteroatoms. The number of ketones is 1. The Bertz CT molecular complexity index is 622. The fourth-order valence-electron chi connectivity index (χ4n) is 2.36. The molecule has 0 saturated heterocycles. The molecule has 0 heterocycles. The molecule has 0 unspecified atom stereocenters.